The summed E-state index contributed by atoms with van der Waals surface area (Å²) in [7, 11) is 0. The van der Waals surface area contributed by atoms with E-state index >= 15 is 0 Å². The summed E-state index contributed by atoms with van der Waals surface area (Å²) in [6.07, 6.45) is 0.705. The van der Waals surface area contributed by atoms with E-state index in [9.17, 15) is 4.79 Å². The van der Waals surface area contributed by atoms with Crippen LogP contribution in [0.3, 0.4) is 0 Å². The van der Waals surface area contributed by atoms with Crippen LogP contribution in [0.4, 0.5) is 0 Å². The van der Waals surface area contributed by atoms with Gasteiger partial charge in [0.15, 0.2) is 0 Å². The van der Waals surface area contributed by atoms with Gasteiger partial charge in [-0.1, -0.05) is 18.2 Å². The minimum absolute atomic E-state index is 0.0308. The predicted octanol–water partition coefficient (Wildman–Crippen LogP) is 3.06. The molecular formula is C17H17NO2. The fraction of sp³-hybridized carbons (Fsp3) is 0.235. The molecule has 2 N–H and O–H groups in total. The van der Waals surface area contributed by atoms with Gasteiger partial charge in [-0.15, -0.1) is 0 Å². The standard InChI is InChI=1S/C17H17NO2/c1-10-6-7-14-15(19)13-5-3-4-12(8-9-18)17(13)20-16(14)11(10)2/h3-7H,8-9,18H2,1-2H3. The molecule has 0 unspecified atom stereocenters. The van der Waals surface area contributed by atoms with Crippen molar-refractivity contribution >= 4 is 21.9 Å². The average Bonchev–Trinajstić information content (AvgIpc) is 2.45. The molecule has 1 heterocycles. The number of hydrogen-bond acceptors (Lipinski definition) is 3. The molecule has 102 valence electrons. The Labute approximate surface area is 117 Å². The molecule has 0 aliphatic heterocycles. The number of nitrogens with two attached hydrogens (primary N) is 1. The zero-order valence-corrected chi connectivity index (χ0v) is 11.7. The molecule has 0 aliphatic rings. The molecule has 1 aromatic heterocycles. The molecule has 0 aliphatic carbocycles. The number of benzene rings is 2. The maximum absolute atomic E-state index is 12.6. The summed E-state index contributed by atoms with van der Waals surface area (Å²) >= 11 is 0. The summed E-state index contributed by atoms with van der Waals surface area (Å²) in [5.74, 6) is 0. The molecule has 0 saturated carbocycles. The highest BCUT2D eigenvalue weighted by Crippen LogP contribution is 2.25. The van der Waals surface area contributed by atoms with E-state index in [-0.39, 0.29) is 5.43 Å². The lowest BCUT2D eigenvalue weighted by molar-refractivity contribution is 0.649. The van der Waals surface area contributed by atoms with Gasteiger partial charge in [-0.2, -0.15) is 0 Å². The molecule has 3 aromatic rings. The van der Waals surface area contributed by atoms with Gasteiger partial charge in [0.25, 0.3) is 0 Å². The molecule has 20 heavy (non-hydrogen) atoms. The number of aryl methyl sites for hydroxylation is 2. The Bertz CT molecular complexity index is 862. The molecule has 3 heteroatoms. The predicted molar refractivity (Wildman–Crippen MR) is 82.2 cm³/mol. The monoisotopic (exact) mass is 267 g/mol. The minimum atomic E-state index is 0.0308. The first-order chi connectivity index (χ1) is 9.63. The minimum Gasteiger partial charge on any atom is -0.455 e. The largest absolute Gasteiger partial charge is 0.455 e. The van der Waals surface area contributed by atoms with Gasteiger partial charge in [-0.3, -0.25) is 4.79 Å². The summed E-state index contributed by atoms with van der Waals surface area (Å²) in [6, 6.07) is 9.48. The Kier molecular flexibility index (Phi) is 3.07. The van der Waals surface area contributed by atoms with Crippen molar-refractivity contribution in [2.24, 2.45) is 5.73 Å². The highest BCUT2D eigenvalue weighted by molar-refractivity contribution is 5.92. The van der Waals surface area contributed by atoms with Crippen LogP contribution in [0.5, 0.6) is 0 Å². The molecule has 3 nitrogen and oxygen atoms in total. The number of fused-ring (bicyclic) bond motifs is 2. The van der Waals surface area contributed by atoms with Crippen LogP contribution in [0.25, 0.3) is 21.9 Å². The molecule has 0 radical (unpaired) electrons. The first-order valence-corrected chi connectivity index (χ1v) is 6.78. The van der Waals surface area contributed by atoms with Crippen LogP contribution in [0.1, 0.15) is 16.7 Å². The Morgan fingerprint density at radius 2 is 1.80 bits per heavy atom. The molecule has 0 fully saturated rings. The van der Waals surface area contributed by atoms with Gasteiger partial charge in [-0.25, -0.2) is 0 Å². The van der Waals surface area contributed by atoms with Crippen molar-refractivity contribution in [3.05, 3.63) is 57.2 Å². The molecule has 0 saturated heterocycles. The van der Waals surface area contributed by atoms with Crippen molar-refractivity contribution in [2.45, 2.75) is 20.3 Å². The van der Waals surface area contributed by atoms with E-state index in [1.165, 1.54) is 0 Å². The molecule has 0 atom stereocenters. The Balaban J connectivity index is 2.51. The quantitative estimate of drug-likeness (QED) is 0.726. The lowest BCUT2D eigenvalue weighted by atomic mass is 10.0. The van der Waals surface area contributed by atoms with E-state index in [0.29, 0.717) is 34.9 Å². The van der Waals surface area contributed by atoms with Crippen molar-refractivity contribution < 1.29 is 4.42 Å². The zero-order chi connectivity index (χ0) is 14.3. The van der Waals surface area contributed by atoms with E-state index in [2.05, 4.69) is 0 Å². The number of para-hydroxylation sites is 1. The first kappa shape index (κ1) is 12.9. The van der Waals surface area contributed by atoms with E-state index in [1.54, 1.807) is 0 Å². The lowest BCUT2D eigenvalue weighted by Crippen LogP contribution is -2.07. The van der Waals surface area contributed by atoms with Gasteiger partial charge >= 0.3 is 0 Å². The van der Waals surface area contributed by atoms with Crippen molar-refractivity contribution in [3.8, 4) is 0 Å². The average molecular weight is 267 g/mol. The van der Waals surface area contributed by atoms with Crippen LogP contribution >= 0.6 is 0 Å². The molecule has 2 aromatic carbocycles. The van der Waals surface area contributed by atoms with Crippen LogP contribution in [0, 0.1) is 13.8 Å². The maximum Gasteiger partial charge on any atom is 0.200 e. The zero-order valence-electron chi connectivity index (χ0n) is 11.7. The number of hydrogen-bond donors (Lipinski definition) is 1. The van der Waals surface area contributed by atoms with Gasteiger partial charge in [0.1, 0.15) is 11.2 Å². The third-order valence-corrected chi connectivity index (χ3v) is 3.88. The van der Waals surface area contributed by atoms with Crippen LogP contribution in [-0.4, -0.2) is 6.54 Å². The van der Waals surface area contributed by atoms with Crippen molar-refractivity contribution in [1.82, 2.24) is 0 Å². The van der Waals surface area contributed by atoms with Gasteiger partial charge in [0.05, 0.1) is 10.8 Å². The Hall–Kier alpha value is -2.13. The van der Waals surface area contributed by atoms with Gasteiger partial charge in [0.2, 0.25) is 5.43 Å². The third kappa shape index (κ3) is 1.82. The topological polar surface area (TPSA) is 56.2 Å². The lowest BCUT2D eigenvalue weighted by Gasteiger charge is -2.09. The fourth-order valence-corrected chi connectivity index (χ4v) is 2.58. The number of rotatable bonds is 2. The molecule has 3 rings (SSSR count). The Morgan fingerprint density at radius 1 is 1.05 bits per heavy atom. The van der Waals surface area contributed by atoms with Gasteiger partial charge in [-0.05, 0) is 55.6 Å². The normalized spacial score (nSPS) is 11.3. The van der Waals surface area contributed by atoms with Crippen molar-refractivity contribution in [3.63, 3.8) is 0 Å². The van der Waals surface area contributed by atoms with Gasteiger partial charge in [0, 0.05) is 0 Å². The first-order valence-electron chi connectivity index (χ1n) is 6.78. The molecule has 0 bridgehead atoms. The van der Waals surface area contributed by atoms with E-state index in [0.717, 1.165) is 16.7 Å². The summed E-state index contributed by atoms with van der Waals surface area (Å²) in [5.41, 5.74) is 10.2. The third-order valence-electron chi connectivity index (χ3n) is 3.88. The smallest absolute Gasteiger partial charge is 0.200 e. The van der Waals surface area contributed by atoms with E-state index in [4.69, 9.17) is 10.2 Å². The molecular weight excluding hydrogens is 250 g/mol. The fourth-order valence-electron chi connectivity index (χ4n) is 2.58. The maximum atomic E-state index is 12.6. The van der Waals surface area contributed by atoms with Crippen molar-refractivity contribution in [1.29, 1.82) is 0 Å². The summed E-state index contributed by atoms with van der Waals surface area (Å²) in [6.45, 7) is 4.54. The SMILES string of the molecule is Cc1ccc2c(=O)c3cccc(CCN)c3oc2c1C. The van der Waals surface area contributed by atoms with E-state index < -0.39 is 0 Å². The second kappa shape index (κ2) is 4.76. The van der Waals surface area contributed by atoms with Crippen LogP contribution in [0.15, 0.2) is 39.5 Å². The second-order valence-corrected chi connectivity index (χ2v) is 5.15. The van der Waals surface area contributed by atoms with Crippen molar-refractivity contribution in [2.75, 3.05) is 6.54 Å². The highest BCUT2D eigenvalue weighted by Gasteiger charge is 2.12. The summed E-state index contributed by atoms with van der Waals surface area (Å²) in [4.78, 5) is 12.6. The van der Waals surface area contributed by atoms with E-state index in [1.807, 2.05) is 44.2 Å². The second-order valence-electron chi connectivity index (χ2n) is 5.15. The van der Waals surface area contributed by atoms with Gasteiger partial charge < -0.3 is 10.2 Å². The molecule has 0 amide bonds. The summed E-state index contributed by atoms with van der Waals surface area (Å²) in [5, 5.41) is 1.28. The van der Waals surface area contributed by atoms with Crippen LogP contribution < -0.4 is 11.2 Å². The summed E-state index contributed by atoms with van der Waals surface area (Å²) < 4.78 is 6.07. The van der Waals surface area contributed by atoms with Crippen LogP contribution in [-0.2, 0) is 6.42 Å². The van der Waals surface area contributed by atoms with Crippen LogP contribution in [0.2, 0.25) is 0 Å². The Morgan fingerprint density at radius 3 is 2.55 bits per heavy atom. The highest BCUT2D eigenvalue weighted by atomic mass is 16.3. The molecule has 0 spiro atoms.